The average Bonchev–Trinajstić information content (AvgIpc) is 2.44. The molecule has 1 aliphatic carbocycles. The van der Waals surface area contributed by atoms with Crippen LogP contribution in [0.25, 0.3) is 0 Å². The third-order valence-electron chi connectivity index (χ3n) is 3.73. The first kappa shape index (κ1) is 15.6. The number of hydrogen-bond acceptors (Lipinski definition) is 5. The summed E-state index contributed by atoms with van der Waals surface area (Å²) >= 11 is 0. The monoisotopic (exact) mass is 293 g/mol. The normalized spacial score (nSPS) is 26.2. The maximum absolute atomic E-state index is 12.3. The van der Waals surface area contributed by atoms with Gasteiger partial charge >= 0.3 is 5.97 Å². The Morgan fingerprint density at radius 3 is 2.90 bits per heavy atom. The highest BCUT2D eigenvalue weighted by atomic mass is 16.6. The molecular weight excluding hydrogens is 270 g/mol. The van der Waals surface area contributed by atoms with Crippen LogP contribution in [-0.2, 0) is 14.4 Å². The highest BCUT2D eigenvalue weighted by molar-refractivity contribution is 6.20. The van der Waals surface area contributed by atoms with Gasteiger partial charge in [-0.2, -0.15) is 0 Å². The molecule has 0 aromatic rings. The van der Waals surface area contributed by atoms with Crippen LogP contribution >= 0.6 is 0 Å². The third kappa shape index (κ3) is 3.46. The van der Waals surface area contributed by atoms with Crippen LogP contribution in [0.4, 0.5) is 0 Å². The zero-order chi connectivity index (χ0) is 15.3. The van der Waals surface area contributed by atoms with Gasteiger partial charge in [0.2, 0.25) is 0 Å². The first-order valence-corrected chi connectivity index (χ1v) is 7.64. The lowest BCUT2D eigenvalue weighted by Crippen LogP contribution is -2.41. The van der Waals surface area contributed by atoms with Gasteiger partial charge in [-0.1, -0.05) is 24.6 Å². The van der Waals surface area contributed by atoms with E-state index in [1.165, 1.54) is 0 Å². The van der Waals surface area contributed by atoms with Gasteiger partial charge in [-0.05, 0) is 38.7 Å². The Morgan fingerprint density at radius 1 is 1.52 bits per heavy atom. The van der Waals surface area contributed by atoms with Crippen molar-refractivity contribution in [3.63, 3.8) is 0 Å². The summed E-state index contributed by atoms with van der Waals surface area (Å²) in [7, 11) is 0. The molecule has 5 nitrogen and oxygen atoms in total. The van der Waals surface area contributed by atoms with Crippen LogP contribution in [0, 0.1) is 0 Å². The number of rotatable bonds is 5. The maximum atomic E-state index is 12.3. The minimum absolute atomic E-state index is 0.0599. The number of aliphatic hydroxyl groups excluding tert-OH is 1. The summed E-state index contributed by atoms with van der Waals surface area (Å²) < 4.78 is 5.63. The fourth-order valence-electron chi connectivity index (χ4n) is 2.77. The van der Waals surface area contributed by atoms with Gasteiger partial charge in [0.25, 0.3) is 0 Å². The van der Waals surface area contributed by atoms with E-state index in [9.17, 15) is 9.90 Å². The van der Waals surface area contributed by atoms with Crippen LogP contribution in [0.2, 0.25) is 0 Å². The Balaban J connectivity index is 2.30. The second kappa shape index (κ2) is 6.78. The van der Waals surface area contributed by atoms with Crippen molar-refractivity contribution in [3.8, 4) is 0 Å². The van der Waals surface area contributed by atoms with E-state index in [1.54, 1.807) is 0 Å². The summed E-state index contributed by atoms with van der Waals surface area (Å²) in [5.41, 5.74) is -0.0299. The topological polar surface area (TPSA) is 68.1 Å². The third-order valence-corrected chi connectivity index (χ3v) is 3.73. The average molecular weight is 293 g/mol. The van der Waals surface area contributed by atoms with Crippen LogP contribution in [0.1, 0.15) is 52.4 Å². The molecule has 116 valence electrons. The number of oxime groups is 1. The van der Waals surface area contributed by atoms with E-state index in [0.29, 0.717) is 25.2 Å². The van der Waals surface area contributed by atoms with Gasteiger partial charge in [-0.3, -0.25) is 0 Å². The van der Waals surface area contributed by atoms with Gasteiger partial charge in [0.1, 0.15) is 23.5 Å². The summed E-state index contributed by atoms with van der Waals surface area (Å²) in [6.07, 6.45) is 8.30. The van der Waals surface area contributed by atoms with Gasteiger partial charge in [-0.15, -0.1) is 0 Å². The molecule has 0 radical (unpaired) electrons. The Bertz CT molecular complexity index is 493. The molecule has 1 unspecified atom stereocenters. The van der Waals surface area contributed by atoms with E-state index in [0.717, 1.165) is 25.7 Å². The van der Waals surface area contributed by atoms with E-state index in [-0.39, 0.29) is 11.3 Å². The Morgan fingerprint density at radius 2 is 2.33 bits per heavy atom. The number of carbonyl (C=O) groups excluding carboxylic acids is 1. The second-order valence-corrected chi connectivity index (χ2v) is 5.45. The Labute approximate surface area is 125 Å². The summed E-state index contributed by atoms with van der Waals surface area (Å²) in [4.78, 5) is 17.4. The molecule has 2 rings (SSSR count). The first-order valence-electron chi connectivity index (χ1n) is 7.64. The molecule has 2 aliphatic rings. The lowest BCUT2D eigenvalue weighted by molar-refractivity contribution is -0.153. The van der Waals surface area contributed by atoms with Crippen LogP contribution in [0.3, 0.4) is 0 Å². The summed E-state index contributed by atoms with van der Waals surface area (Å²) in [6, 6.07) is 0. The molecule has 0 saturated carbocycles. The van der Waals surface area contributed by atoms with Crippen molar-refractivity contribution in [2.45, 2.75) is 58.0 Å². The molecule has 1 heterocycles. The number of nitrogens with zero attached hydrogens (tertiary/aromatic N) is 1. The second-order valence-electron chi connectivity index (χ2n) is 5.45. The number of ether oxygens (including phenoxy) is 1. The molecule has 0 fully saturated rings. The lowest BCUT2D eigenvalue weighted by Gasteiger charge is -2.36. The smallest absolute Gasteiger partial charge is 0.344 e. The largest absolute Gasteiger partial charge is 0.511 e. The quantitative estimate of drug-likeness (QED) is 0.365. The highest BCUT2D eigenvalue weighted by Crippen LogP contribution is 2.37. The Kier molecular flexibility index (Phi) is 5.04. The van der Waals surface area contributed by atoms with Crippen LogP contribution < -0.4 is 0 Å². The SMILES string of the molecule is CCCC(=NOCC)C1=C(O)CC2(C=CCCC2)OC1=O. The summed E-state index contributed by atoms with van der Waals surface area (Å²) in [5.74, 6) is -0.443. The lowest BCUT2D eigenvalue weighted by atomic mass is 9.84. The molecule has 1 N–H and O–H groups in total. The molecule has 1 atom stereocenters. The molecule has 5 heteroatoms. The van der Waals surface area contributed by atoms with Crippen molar-refractivity contribution in [2.75, 3.05) is 6.61 Å². The molecule has 1 aliphatic heterocycles. The zero-order valence-corrected chi connectivity index (χ0v) is 12.7. The molecular formula is C16H23NO4. The van der Waals surface area contributed by atoms with Crippen molar-refractivity contribution in [3.05, 3.63) is 23.5 Å². The van der Waals surface area contributed by atoms with Gasteiger partial charge in [-0.25, -0.2) is 4.79 Å². The summed E-state index contributed by atoms with van der Waals surface area (Å²) in [5, 5.41) is 14.3. The van der Waals surface area contributed by atoms with Crippen molar-refractivity contribution >= 4 is 11.7 Å². The van der Waals surface area contributed by atoms with Crippen molar-refractivity contribution in [2.24, 2.45) is 5.16 Å². The molecule has 0 aromatic heterocycles. The van der Waals surface area contributed by atoms with Gasteiger partial charge in [0.05, 0.1) is 5.71 Å². The molecule has 1 spiro atoms. The van der Waals surface area contributed by atoms with Crippen molar-refractivity contribution < 1.29 is 19.5 Å². The van der Waals surface area contributed by atoms with E-state index < -0.39 is 11.6 Å². The molecule has 0 saturated heterocycles. The standard InChI is InChI=1S/C16H23NO4/c1-3-8-12(17-20-4-2)14-13(18)11-16(21-15(14)19)9-6-5-7-10-16/h6,9,18H,3-5,7-8,10-11H2,1-2H3. The van der Waals surface area contributed by atoms with Gasteiger partial charge in [0, 0.05) is 6.42 Å². The highest BCUT2D eigenvalue weighted by Gasteiger charge is 2.42. The molecule has 0 amide bonds. The van der Waals surface area contributed by atoms with Gasteiger partial charge < -0.3 is 14.7 Å². The number of hydrogen-bond donors (Lipinski definition) is 1. The fourth-order valence-corrected chi connectivity index (χ4v) is 2.77. The van der Waals surface area contributed by atoms with E-state index in [2.05, 4.69) is 5.16 Å². The Hall–Kier alpha value is -1.78. The van der Waals surface area contributed by atoms with Crippen molar-refractivity contribution in [1.82, 2.24) is 0 Å². The predicted octanol–water partition coefficient (Wildman–Crippen LogP) is 3.42. The fraction of sp³-hybridized carbons (Fsp3) is 0.625. The number of aliphatic hydroxyl groups is 1. The van der Waals surface area contributed by atoms with Crippen LogP contribution in [-0.4, -0.2) is 29.0 Å². The minimum Gasteiger partial charge on any atom is -0.511 e. The van der Waals surface area contributed by atoms with Crippen LogP contribution in [0.5, 0.6) is 0 Å². The molecule has 0 aromatic carbocycles. The maximum Gasteiger partial charge on any atom is 0.344 e. The molecule has 21 heavy (non-hydrogen) atoms. The van der Waals surface area contributed by atoms with Gasteiger partial charge in [0.15, 0.2) is 0 Å². The predicted molar refractivity (Wildman–Crippen MR) is 80.1 cm³/mol. The van der Waals surface area contributed by atoms with Crippen LogP contribution in [0.15, 0.2) is 28.6 Å². The zero-order valence-electron chi connectivity index (χ0n) is 12.7. The van der Waals surface area contributed by atoms with E-state index in [1.807, 2.05) is 26.0 Å². The minimum atomic E-state index is -0.675. The first-order chi connectivity index (χ1) is 10.1. The van der Waals surface area contributed by atoms with E-state index in [4.69, 9.17) is 9.57 Å². The van der Waals surface area contributed by atoms with E-state index >= 15 is 0 Å². The van der Waals surface area contributed by atoms with Crippen molar-refractivity contribution in [1.29, 1.82) is 0 Å². The molecule has 0 bridgehead atoms. The number of allylic oxidation sites excluding steroid dienone is 1. The number of carbonyl (C=O) groups is 1. The number of esters is 1. The summed E-state index contributed by atoms with van der Waals surface area (Å²) in [6.45, 7) is 4.23.